The summed E-state index contributed by atoms with van der Waals surface area (Å²) in [6.07, 6.45) is 0. The summed E-state index contributed by atoms with van der Waals surface area (Å²) in [6, 6.07) is 6.21. The first-order valence-electron chi connectivity index (χ1n) is 4.28. The molecule has 0 aliphatic carbocycles. The van der Waals surface area contributed by atoms with Crippen LogP contribution in [-0.4, -0.2) is 25.2 Å². The molecule has 0 aliphatic heterocycles. The van der Waals surface area contributed by atoms with Crippen molar-refractivity contribution in [3.05, 3.63) is 29.8 Å². The van der Waals surface area contributed by atoms with Gasteiger partial charge in [-0.1, -0.05) is 12.1 Å². The average molecular weight is 194 g/mol. The maximum Gasteiger partial charge on any atom is 0.325 e. The van der Waals surface area contributed by atoms with Crippen LogP contribution in [0.3, 0.4) is 0 Å². The Morgan fingerprint density at radius 1 is 1.36 bits per heavy atom. The van der Waals surface area contributed by atoms with Gasteiger partial charge >= 0.3 is 5.97 Å². The summed E-state index contributed by atoms with van der Waals surface area (Å²) in [4.78, 5) is 12.5. The average Bonchev–Trinajstić information content (AvgIpc) is 2.16. The van der Waals surface area contributed by atoms with Crippen LogP contribution in [0.25, 0.3) is 0 Å². The van der Waals surface area contributed by atoms with Crippen molar-refractivity contribution in [3.8, 4) is 0 Å². The van der Waals surface area contributed by atoms with Crippen LogP contribution in [0, 0.1) is 0 Å². The lowest BCUT2D eigenvalue weighted by Crippen LogP contribution is -2.20. The Balaban J connectivity index is 2.88. The molecule has 0 amide bonds. The van der Waals surface area contributed by atoms with Gasteiger partial charge in [0, 0.05) is 19.8 Å². The van der Waals surface area contributed by atoms with Crippen molar-refractivity contribution in [1.82, 2.24) is 0 Å². The van der Waals surface area contributed by atoms with Crippen molar-refractivity contribution in [1.29, 1.82) is 0 Å². The molecule has 1 rings (SSSR count). The number of nitrogens with two attached hydrogens (primary N) is 1. The minimum atomic E-state index is -1.01. The second-order valence-corrected chi connectivity index (χ2v) is 3.30. The second-order valence-electron chi connectivity index (χ2n) is 3.30. The molecule has 1 aromatic carbocycles. The zero-order valence-electron chi connectivity index (χ0n) is 8.27. The van der Waals surface area contributed by atoms with Crippen LogP contribution < -0.4 is 10.6 Å². The van der Waals surface area contributed by atoms with Crippen LogP contribution in [0.5, 0.6) is 0 Å². The summed E-state index contributed by atoms with van der Waals surface area (Å²) in [5.74, 6) is -1.01. The molecule has 0 bridgehead atoms. The van der Waals surface area contributed by atoms with Gasteiger partial charge in [0.05, 0.1) is 0 Å². The number of rotatable bonds is 3. The topological polar surface area (TPSA) is 66.6 Å². The molecule has 0 saturated heterocycles. The van der Waals surface area contributed by atoms with Crippen LogP contribution in [-0.2, 0) is 4.79 Å². The van der Waals surface area contributed by atoms with Crippen molar-refractivity contribution in [2.24, 2.45) is 5.73 Å². The van der Waals surface area contributed by atoms with Gasteiger partial charge in [0.15, 0.2) is 0 Å². The quantitative estimate of drug-likeness (QED) is 0.748. The van der Waals surface area contributed by atoms with E-state index in [0.29, 0.717) is 5.56 Å². The summed E-state index contributed by atoms with van der Waals surface area (Å²) in [7, 11) is 3.85. The molecule has 76 valence electrons. The van der Waals surface area contributed by atoms with E-state index < -0.39 is 12.0 Å². The first kappa shape index (κ1) is 10.5. The van der Waals surface area contributed by atoms with E-state index >= 15 is 0 Å². The predicted molar refractivity (Wildman–Crippen MR) is 55.3 cm³/mol. The molecule has 1 atom stereocenters. The van der Waals surface area contributed by atoms with Crippen molar-refractivity contribution in [2.75, 3.05) is 19.0 Å². The molecular weight excluding hydrogens is 180 g/mol. The fourth-order valence-corrected chi connectivity index (χ4v) is 1.12. The smallest absolute Gasteiger partial charge is 0.325 e. The van der Waals surface area contributed by atoms with Crippen molar-refractivity contribution in [3.63, 3.8) is 0 Å². The lowest BCUT2D eigenvalue weighted by molar-refractivity contribution is -0.138. The molecular formula is C10H14N2O2. The Kier molecular flexibility index (Phi) is 3.09. The summed E-state index contributed by atoms with van der Waals surface area (Å²) >= 11 is 0. The van der Waals surface area contributed by atoms with Crippen LogP contribution in [0.4, 0.5) is 5.69 Å². The molecule has 1 aromatic rings. The van der Waals surface area contributed by atoms with E-state index in [1.807, 2.05) is 31.1 Å². The monoisotopic (exact) mass is 194 g/mol. The standard InChI is InChI=1S/C10H14N2O2/c1-12(2)8-5-3-7(4-6-8)9(11)10(13)14/h3-6,9H,11H2,1-2H3,(H,13,14). The Hall–Kier alpha value is -1.55. The highest BCUT2D eigenvalue weighted by Gasteiger charge is 2.13. The van der Waals surface area contributed by atoms with E-state index in [0.717, 1.165) is 5.69 Å². The molecule has 0 aliphatic rings. The Labute approximate surface area is 82.9 Å². The lowest BCUT2D eigenvalue weighted by Gasteiger charge is -2.13. The minimum Gasteiger partial charge on any atom is -0.480 e. The van der Waals surface area contributed by atoms with Gasteiger partial charge in [-0.25, -0.2) is 0 Å². The zero-order valence-corrected chi connectivity index (χ0v) is 8.27. The number of carboxylic acids is 1. The van der Waals surface area contributed by atoms with E-state index in [9.17, 15) is 4.79 Å². The molecule has 1 unspecified atom stereocenters. The van der Waals surface area contributed by atoms with E-state index in [1.165, 1.54) is 0 Å². The molecule has 0 heterocycles. The third kappa shape index (κ3) is 2.23. The number of aliphatic carboxylic acids is 1. The van der Waals surface area contributed by atoms with Crippen molar-refractivity contribution < 1.29 is 9.90 Å². The number of benzene rings is 1. The van der Waals surface area contributed by atoms with Gasteiger partial charge in [0.25, 0.3) is 0 Å². The third-order valence-electron chi connectivity index (χ3n) is 2.03. The largest absolute Gasteiger partial charge is 0.480 e. The molecule has 0 saturated carbocycles. The molecule has 0 radical (unpaired) electrons. The predicted octanol–water partition coefficient (Wildman–Crippen LogP) is 0.837. The lowest BCUT2D eigenvalue weighted by atomic mass is 10.1. The van der Waals surface area contributed by atoms with E-state index in [2.05, 4.69) is 0 Å². The highest BCUT2D eigenvalue weighted by atomic mass is 16.4. The molecule has 0 aromatic heterocycles. The first-order valence-corrected chi connectivity index (χ1v) is 4.28. The van der Waals surface area contributed by atoms with Gasteiger partial charge in [0.1, 0.15) is 6.04 Å². The van der Waals surface area contributed by atoms with E-state index in [4.69, 9.17) is 10.8 Å². The summed E-state index contributed by atoms with van der Waals surface area (Å²) in [5.41, 5.74) is 7.08. The fraction of sp³-hybridized carbons (Fsp3) is 0.300. The maximum absolute atomic E-state index is 10.6. The second kappa shape index (κ2) is 4.11. The number of carboxylic acid groups (broad SMARTS) is 1. The Bertz CT molecular complexity index is 319. The zero-order chi connectivity index (χ0) is 10.7. The number of hydrogen-bond donors (Lipinski definition) is 2. The van der Waals surface area contributed by atoms with Gasteiger partial charge in [-0.3, -0.25) is 4.79 Å². The van der Waals surface area contributed by atoms with Crippen LogP contribution in [0.15, 0.2) is 24.3 Å². The SMILES string of the molecule is CN(C)c1ccc(C(N)C(=O)O)cc1. The molecule has 0 spiro atoms. The maximum atomic E-state index is 10.6. The number of nitrogens with zero attached hydrogens (tertiary/aromatic N) is 1. The first-order chi connectivity index (χ1) is 6.52. The Morgan fingerprint density at radius 2 is 1.86 bits per heavy atom. The number of carbonyl (C=O) groups is 1. The van der Waals surface area contributed by atoms with Crippen LogP contribution in [0.1, 0.15) is 11.6 Å². The molecule has 4 heteroatoms. The van der Waals surface area contributed by atoms with Gasteiger partial charge in [-0.15, -0.1) is 0 Å². The summed E-state index contributed by atoms with van der Waals surface area (Å²) < 4.78 is 0. The van der Waals surface area contributed by atoms with E-state index in [-0.39, 0.29) is 0 Å². The van der Waals surface area contributed by atoms with Gasteiger partial charge < -0.3 is 15.7 Å². The highest BCUT2D eigenvalue weighted by molar-refractivity contribution is 5.75. The van der Waals surface area contributed by atoms with Crippen molar-refractivity contribution >= 4 is 11.7 Å². The Morgan fingerprint density at radius 3 is 2.21 bits per heavy atom. The van der Waals surface area contributed by atoms with E-state index in [1.54, 1.807) is 12.1 Å². The van der Waals surface area contributed by atoms with Gasteiger partial charge in [-0.05, 0) is 17.7 Å². The third-order valence-corrected chi connectivity index (χ3v) is 2.03. The molecule has 3 N–H and O–H groups in total. The van der Waals surface area contributed by atoms with Crippen LogP contribution >= 0.6 is 0 Å². The summed E-state index contributed by atoms with van der Waals surface area (Å²) in [6.45, 7) is 0. The minimum absolute atomic E-state index is 0.614. The molecule has 0 fully saturated rings. The highest BCUT2D eigenvalue weighted by Crippen LogP contribution is 2.16. The molecule has 14 heavy (non-hydrogen) atoms. The van der Waals surface area contributed by atoms with Gasteiger partial charge in [-0.2, -0.15) is 0 Å². The van der Waals surface area contributed by atoms with Crippen molar-refractivity contribution in [2.45, 2.75) is 6.04 Å². The number of anilines is 1. The number of hydrogen-bond acceptors (Lipinski definition) is 3. The molecule has 4 nitrogen and oxygen atoms in total. The normalized spacial score (nSPS) is 12.2. The van der Waals surface area contributed by atoms with Gasteiger partial charge in [0.2, 0.25) is 0 Å². The summed E-state index contributed by atoms with van der Waals surface area (Å²) in [5, 5.41) is 8.68. The fourth-order valence-electron chi connectivity index (χ4n) is 1.12. The van der Waals surface area contributed by atoms with Crippen LogP contribution in [0.2, 0.25) is 0 Å².